The van der Waals surface area contributed by atoms with Gasteiger partial charge in [0.25, 0.3) is 0 Å². The molecule has 0 aromatic heterocycles. The highest BCUT2D eigenvalue weighted by atomic mass is 16.5. The van der Waals surface area contributed by atoms with Crippen LogP contribution in [0.5, 0.6) is 0 Å². The van der Waals surface area contributed by atoms with Crippen molar-refractivity contribution in [3.63, 3.8) is 0 Å². The lowest BCUT2D eigenvalue weighted by Gasteiger charge is -2.13. The summed E-state index contributed by atoms with van der Waals surface area (Å²) in [6.45, 7) is 7.52. The second-order valence-electron chi connectivity index (χ2n) is 5.97. The highest BCUT2D eigenvalue weighted by molar-refractivity contribution is 6.00. The van der Waals surface area contributed by atoms with E-state index in [1.807, 2.05) is 33.8 Å². The van der Waals surface area contributed by atoms with Crippen LogP contribution in [0.1, 0.15) is 48.5 Å². The molecule has 24 heavy (non-hydrogen) atoms. The van der Waals surface area contributed by atoms with Crippen molar-refractivity contribution < 1.29 is 19.4 Å². The smallest absolute Gasteiger partial charge is 0.338 e. The molecule has 0 atom stereocenters. The number of ether oxygens (including phenoxy) is 1. The number of carbonyl (C=O) groups is 2. The molecule has 0 amide bonds. The summed E-state index contributed by atoms with van der Waals surface area (Å²) in [5, 5.41) is 9.00. The predicted octanol–water partition coefficient (Wildman–Crippen LogP) is 3.45. The number of benzene rings is 2. The second-order valence-corrected chi connectivity index (χ2v) is 5.97. The molecule has 0 heterocycles. The van der Waals surface area contributed by atoms with E-state index >= 15 is 0 Å². The summed E-state index contributed by atoms with van der Waals surface area (Å²) in [6.07, 6.45) is 0. The minimum atomic E-state index is -0.550. The van der Waals surface area contributed by atoms with E-state index in [9.17, 15) is 9.59 Å². The number of esters is 1. The van der Waals surface area contributed by atoms with Crippen molar-refractivity contribution >= 4 is 11.8 Å². The van der Waals surface area contributed by atoms with Gasteiger partial charge in [-0.25, -0.2) is 4.79 Å². The molecular formula is C20H22O4. The second kappa shape index (κ2) is 7.41. The van der Waals surface area contributed by atoms with E-state index < -0.39 is 5.97 Å². The van der Waals surface area contributed by atoms with Crippen LogP contribution < -0.4 is 0 Å². The van der Waals surface area contributed by atoms with E-state index in [-0.39, 0.29) is 19.0 Å². The van der Waals surface area contributed by atoms with Crippen molar-refractivity contribution in [3.05, 3.63) is 69.3 Å². The Balaban J connectivity index is 2.09. The first-order chi connectivity index (χ1) is 11.3. The molecule has 0 unspecified atom stereocenters. The molecule has 2 rings (SSSR count). The van der Waals surface area contributed by atoms with E-state index in [0.29, 0.717) is 16.7 Å². The monoisotopic (exact) mass is 326 g/mol. The third kappa shape index (κ3) is 3.71. The van der Waals surface area contributed by atoms with Crippen LogP contribution in [0.4, 0.5) is 0 Å². The fourth-order valence-electron chi connectivity index (χ4n) is 2.54. The Morgan fingerprint density at radius 1 is 0.958 bits per heavy atom. The lowest BCUT2D eigenvalue weighted by Crippen LogP contribution is -2.16. The molecule has 0 bridgehead atoms. The fourth-order valence-corrected chi connectivity index (χ4v) is 2.54. The Kier molecular flexibility index (Phi) is 5.52. The Morgan fingerprint density at radius 2 is 1.58 bits per heavy atom. The quantitative estimate of drug-likeness (QED) is 0.675. The number of Topliss-reactive ketones (excluding diaryl/α,β-unsaturated/α-hetero) is 1. The highest BCUT2D eigenvalue weighted by Gasteiger charge is 2.16. The molecule has 0 radical (unpaired) electrons. The molecule has 2 aromatic rings. The van der Waals surface area contributed by atoms with Gasteiger partial charge in [-0.05, 0) is 73.7 Å². The molecule has 0 aliphatic carbocycles. The van der Waals surface area contributed by atoms with Crippen LogP contribution in [0.15, 0.2) is 30.3 Å². The first kappa shape index (κ1) is 17.9. The first-order valence-corrected chi connectivity index (χ1v) is 7.82. The van der Waals surface area contributed by atoms with Crippen molar-refractivity contribution in [2.24, 2.45) is 0 Å². The molecule has 0 spiro atoms. The third-order valence-corrected chi connectivity index (χ3v) is 4.49. The minimum absolute atomic E-state index is 0.0841. The third-order valence-electron chi connectivity index (χ3n) is 4.49. The molecule has 4 nitrogen and oxygen atoms in total. The summed E-state index contributed by atoms with van der Waals surface area (Å²) >= 11 is 0. The number of ketones is 1. The summed E-state index contributed by atoms with van der Waals surface area (Å²) < 4.78 is 5.13. The number of aliphatic hydroxyl groups excluding tert-OH is 1. The van der Waals surface area contributed by atoms with Crippen molar-refractivity contribution in [3.8, 4) is 0 Å². The van der Waals surface area contributed by atoms with Gasteiger partial charge in [0.05, 0.1) is 12.2 Å². The minimum Gasteiger partial charge on any atom is -0.454 e. The molecular weight excluding hydrogens is 304 g/mol. The summed E-state index contributed by atoms with van der Waals surface area (Å²) in [7, 11) is 0. The normalized spacial score (nSPS) is 10.5. The van der Waals surface area contributed by atoms with Crippen LogP contribution in [0.3, 0.4) is 0 Å². The Labute approximate surface area is 142 Å². The van der Waals surface area contributed by atoms with Crippen molar-refractivity contribution in [2.45, 2.75) is 34.3 Å². The summed E-state index contributed by atoms with van der Waals surface area (Å²) in [5.74, 6) is -0.759. The molecule has 0 aliphatic heterocycles. The first-order valence-electron chi connectivity index (χ1n) is 7.82. The number of carbonyl (C=O) groups excluding carboxylic acids is 2. The summed E-state index contributed by atoms with van der Waals surface area (Å²) in [4.78, 5) is 24.4. The Morgan fingerprint density at radius 3 is 2.17 bits per heavy atom. The van der Waals surface area contributed by atoms with Crippen LogP contribution >= 0.6 is 0 Å². The van der Waals surface area contributed by atoms with Gasteiger partial charge in [0, 0.05) is 5.56 Å². The van der Waals surface area contributed by atoms with Crippen molar-refractivity contribution in [1.82, 2.24) is 0 Å². The van der Waals surface area contributed by atoms with Gasteiger partial charge in [0.15, 0.2) is 6.61 Å². The molecule has 4 heteroatoms. The lowest BCUT2D eigenvalue weighted by molar-refractivity contribution is 0.0474. The number of aryl methyl sites for hydroxylation is 1. The fraction of sp³-hybridized carbons (Fsp3) is 0.300. The van der Waals surface area contributed by atoms with E-state index in [1.165, 1.54) is 5.56 Å². The summed E-state index contributed by atoms with van der Waals surface area (Å²) in [6, 6.07) is 8.29. The maximum Gasteiger partial charge on any atom is 0.338 e. The standard InChI is InChI=1S/C20H22O4/c1-12-9-18(15(4)14(3)13(12)2)19(22)11-24-20(23)17-7-5-16(10-21)6-8-17/h5-9,21H,10-11H2,1-4H3. The maximum atomic E-state index is 12.4. The van der Waals surface area contributed by atoms with Gasteiger partial charge >= 0.3 is 5.97 Å². The maximum absolute atomic E-state index is 12.4. The van der Waals surface area contributed by atoms with Gasteiger partial charge in [0.2, 0.25) is 5.78 Å². The van der Waals surface area contributed by atoms with Crippen LogP contribution in [-0.2, 0) is 11.3 Å². The Bertz CT molecular complexity index is 773. The molecule has 0 saturated carbocycles. The highest BCUT2D eigenvalue weighted by Crippen LogP contribution is 2.21. The van der Waals surface area contributed by atoms with Gasteiger partial charge in [0.1, 0.15) is 0 Å². The average molecular weight is 326 g/mol. The largest absolute Gasteiger partial charge is 0.454 e. The summed E-state index contributed by atoms with van der Waals surface area (Å²) in [5.41, 5.74) is 5.89. The van der Waals surface area contributed by atoms with Gasteiger partial charge < -0.3 is 9.84 Å². The predicted molar refractivity (Wildman–Crippen MR) is 92.4 cm³/mol. The number of hydrogen-bond acceptors (Lipinski definition) is 4. The van der Waals surface area contributed by atoms with Gasteiger partial charge in [-0.3, -0.25) is 4.79 Å². The van der Waals surface area contributed by atoms with Crippen molar-refractivity contribution in [2.75, 3.05) is 6.61 Å². The lowest BCUT2D eigenvalue weighted by atomic mass is 9.93. The van der Waals surface area contributed by atoms with E-state index in [0.717, 1.165) is 16.7 Å². The zero-order valence-electron chi connectivity index (χ0n) is 14.5. The number of hydrogen-bond donors (Lipinski definition) is 1. The van der Waals surface area contributed by atoms with Gasteiger partial charge in [-0.1, -0.05) is 12.1 Å². The molecule has 126 valence electrons. The van der Waals surface area contributed by atoms with Crippen LogP contribution in [0, 0.1) is 27.7 Å². The van der Waals surface area contributed by atoms with E-state index in [1.54, 1.807) is 24.3 Å². The molecule has 0 aliphatic rings. The number of rotatable bonds is 5. The van der Waals surface area contributed by atoms with Crippen LogP contribution in [-0.4, -0.2) is 23.5 Å². The topological polar surface area (TPSA) is 63.6 Å². The van der Waals surface area contributed by atoms with Crippen molar-refractivity contribution in [1.29, 1.82) is 0 Å². The van der Waals surface area contributed by atoms with Gasteiger partial charge in [-0.2, -0.15) is 0 Å². The zero-order valence-corrected chi connectivity index (χ0v) is 14.5. The van der Waals surface area contributed by atoms with E-state index in [4.69, 9.17) is 9.84 Å². The SMILES string of the molecule is Cc1cc(C(=O)COC(=O)c2ccc(CO)cc2)c(C)c(C)c1C. The number of aliphatic hydroxyl groups is 1. The molecule has 2 aromatic carbocycles. The molecule has 0 fully saturated rings. The van der Waals surface area contributed by atoms with Crippen LogP contribution in [0.25, 0.3) is 0 Å². The van der Waals surface area contributed by atoms with Gasteiger partial charge in [-0.15, -0.1) is 0 Å². The Hall–Kier alpha value is -2.46. The molecule has 1 N–H and O–H groups in total. The zero-order chi connectivity index (χ0) is 17.9. The molecule has 0 saturated heterocycles. The van der Waals surface area contributed by atoms with Crippen LogP contribution in [0.2, 0.25) is 0 Å². The van der Waals surface area contributed by atoms with E-state index in [2.05, 4.69) is 0 Å². The average Bonchev–Trinajstić information content (AvgIpc) is 2.60.